The number of nitrogens with one attached hydrogen (secondary N) is 1. The van der Waals surface area contributed by atoms with Crippen LogP contribution in [0.15, 0.2) is 24.0 Å². The number of hydrogen-bond acceptors (Lipinski definition) is 3. The third-order valence-electron chi connectivity index (χ3n) is 5.24. The Morgan fingerprint density at radius 3 is 2.83 bits per heavy atom. The van der Waals surface area contributed by atoms with E-state index in [1.807, 2.05) is 17.8 Å². The zero-order valence-electron chi connectivity index (χ0n) is 14.7. The van der Waals surface area contributed by atoms with Gasteiger partial charge < -0.3 is 14.6 Å². The van der Waals surface area contributed by atoms with Gasteiger partial charge in [0.25, 0.3) is 0 Å². The van der Waals surface area contributed by atoms with E-state index in [-0.39, 0.29) is 29.4 Å². The van der Waals surface area contributed by atoms with Gasteiger partial charge in [-0.1, -0.05) is 25.5 Å². The molecule has 1 saturated carbocycles. The lowest BCUT2D eigenvalue weighted by Crippen LogP contribution is -2.39. The number of amides is 1. The van der Waals surface area contributed by atoms with Gasteiger partial charge in [0.2, 0.25) is 5.91 Å². The van der Waals surface area contributed by atoms with Gasteiger partial charge in [-0.2, -0.15) is 0 Å². The Hall–Kier alpha value is -1.62. The summed E-state index contributed by atoms with van der Waals surface area (Å²) < 4.78 is 7.79. The standard InChI is InChI=1S/C18H27N3O2/c1-11(2)10-12-14(18(12,3)4)17(22)20-13-6-9-23-15(13)16-19-7-8-21(16)5/h7-8,10,12-15H,6,9H2,1-5H3,(H,20,22)/t12-,13+,14-,15+/m1/s1. The van der Waals surface area contributed by atoms with E-state index in [4.69, 9.17) is 4.74 Å². The lowest BCUT2D eigenvalue weighted by atomic mass is 10.1. The first-order chi connectivity index (χ1) is 10.8. The molecule has 5 heteroatoms. The number of ether oxygens (including phenoxy) is 1. The molecule has 3 rings (SSSR count). The van der Waals surface area contributed by atoms with E-state index in [9.17, 15) is 4.79 Å². The summed E-state index contributed by atoms with van der Waals surface area (Å²) >= 11 is 0. The summed E-state index contributed by atoms with van der Waals surface area (Å²) in [4.78, 5) is 17.1. The first-order valence-electron chi connectivity index (χ1n) is 8.36. The van der Waals surface area contributed by atoms with Gasteiger partial charge in [0.05, 0.1) is 12.0 Å². The van der Waals surface area contributed by atoms with Gasteiger partial charge in [0.15, 0.2) is 0 Å². The molecule has 1 aliphatic carbocycles. The normalized spacial score (nSPS) is 31.7. The quantitative estimate of drug-likeness (QED) is 0.869. The maximum Gasteiger partial charge on any atom is 0.224 e. The summed E-state index contributed by atoms with van der Waals surface area (Å²) in [6, 6.07) is 0.00681. The Labute approximate surface area is 138 Å². The van der Waals surface area contributed by atoms with Crippen LogP contribution in [-0.2, 0) is 16.6 Å². The second-order valence-electron chi connectivity index (χ2n) is 7.66. The Kier molecular flexibility index (Phi) is 4.08. The molecule has 0 aromatic carbocycles. The molecule has 2 aliphatic rings. The topological polar surface area (TPSA) is 56.1 Å². The lowest BCUT2D eigenvalue weighted by molar-refractivity contribution is -0.124. The third-order valence-corrected chi connectivity index (χ3v) is 5.24. The summed E-state index contributed by atoms with van der Waals surface area (Å²) in [6.45, 7) is 9.18. The van der Waals surface area contributed by atoms with Crippen LogP contribution in [0.25, 0.3) is 0 Å². The van der Waals surface area contributed by atoms with Gasteiger partial charge in [-0.05, 0) is 31.6 Å². The Bertz CT molecular complexity index is 628. The van der Waals surface area contributed by atoms with Crippen molar-refractivity contribution >= 4 is 5.91 Å². The van der Waals surface area contributed by atoms with Crippen LogP contribution in [0.1, 0.15) is 46.0 Å². The van der Waals surface area contributed by atoms with Crippen molar-refractivity contribution < 1.29 is 9.53 Å². The summed E-state index contributed by atoms with van der Waals surface area (Å²) in [7, 11) is 1.96. The van der Waals surface area contributed by atoms with E-state index in [2.05, 4.69) is 44.1 Å². The SMILES string of the molecule is CC(C)=C[C@@H]1[C@H](C(=O)N[C@H]2CCO[C@@H]2c2nccn2C)C1(C)C. The van der Waals surface area contributed by atoms with Crippen LogP contribution in [0.5, 0.6) is 0 Å². The molecule has 1 aromatic rings. The molecule has 0 bridgehead atoms. The molecule has 5 nitrogen and oxygen atoms in total. The van der Waals surface area contributed by atoms with Crippen molar-refractivity contribution in [2.75, 3.05) is 6.61 Å². The molecule has 23 heavy (non-hydrogen) atoms. The second-order valence-corrected chi connectivity index (χ2v) is 7.66. The van der Waals surface area contributed by atoms with Gasteiger partial charge in [0.1, 0.15) is 11.9 Å². The fraction of sp³-hybridized carbons (Fsp3) is 0.667. The van der Waals surface area contributed by atoms with E-state index in [1.165, 1.54) is 5.57 Å². The molecule has 1 aromatic heterocycles. The first kappa shape index (κ1) is 16.2. The van der Waals surface area contributed by atoms with Crippen molar-refractivity contribution in [1.82, 2.24) is 14.9 Å². The zero-order valence-corrected chi connectivity index (χ0v) is 14.7. The van der Waals surface area contributed by atoms with Crippen LogP contribution < -0.4 is 5.32 Å². The van der Waals surface area contributed by atoms with Crippen LogP contribution in [0.2, 0.25) is 0 Å². The maximum absolute atomic E-state index is 12.7. The van der Waals surface area contributed by atoms with E-state index >= 15 is 0 Å². The molecule has 0 unspecified atom stereocenters. The number of allylic oxidation sites excluding steroid dienone is 2. The van der Waals surface area contributed by atoms with Crippen LogP contribution >= 0.6 is 0 Å². The molecule has 126 valence electrons. The number of carbonyl (C=O) groups is 1. The minimum atomic E-state index is -0.150. The number of imidazole rings is 1. The predicted octanol–water partition coefficient (Wildman–Crippen LogP) is 2.60. The molecule has 0 radical (unpaired) electrons. The smallest absolute Gasteiger partial charge is 0.224 e. The summed E-state index contributed by atoms with van der Waals surface area (Å²) in [5.74, 6) is 1.41. The van der Waals surface area contributed by atoms with Crippen molar-refractivity contribution in [1.29, 1.82) is 0 Å². The van der Waals surface area contributed by atoms with Crippen molar-refractivity contribution in [3.05, 3.63) is 29.9 Å². The average molecular weight is 317 g/mol. The summed E-state index contributed by atoms with van der Waals surface area (Å²) in [5, 5.41) is 3.22. The zero-order chi connectivity index (χ0) is 16.8. The highest BCUT2D eigenvalue weighted by molar-refractivity contribution is 5.84. The van der Waals surface area contributed by atoms with Crippen molar-refractivity contribution in [2.24, 2.45) is 24.3 Å². The Balaban J connectivity index is 1.69. The highest BCUT2D eigenvalue weighted by atomic mass is 16.5. The maximum atomic E-state index is 12.7. The second kappa shape index (κ2) is 5.78. The van der Waals surface area contributed by atoms with Crippen LogP contribution in [0.4, 0.5) is 0 Å². The molecule has 2 heterocycles. The van der Waals surface area contributed by atoms with E-state index in [0.717, 1.165) is 12.2 Å². The van der Waals surface area contributed by atoms with Gasteiger partial charge in [-0.3, -0.25) is 4.79 Å². The van der Waals surface area contributed by atoms with Crippen molar-refractivity contribution in [3.63, 3.8) is 0 Å². The van der Waals surface area contributed by atoms with Crippen LogP contribution in [-0.4, -0.2) is 28.1 Å². The third kappa shape index (κ3) is 2.94. The van der Waals surface area contributed by atoms with Crippen molar-refractivity contribution in [2.45, 2.75) is 46.3 Å². The number of carbonyl (C=O) groups excluding carboxylic acids is 1. The van der Waals surface area contributed by atoms with Gasteiger partial charge in [-0.25, -0.2) is 4.98 Å². The number of nitrogens with zero attached hydrogens (tertiary/aromatic N) is 2. The molecule has 2 fully saturated rings. The fourth-order valence-corrected chi connectivity index (χ4v) is 3.76. The lowest BCUT2D eigenvalue weighted by Gasteiger charge is -2.20. The summed E-state index contributed by atoms with van der Waals surface area (Å²) in [5.41, 5.74) is 1.31. The molecule has 1 aliphatic heterocycles. The number of rotatable bonds is 4. The Morgan fingerprint density at radius 2 is 2.22 bits per heavy atom. The molecule has 0 spiro atoms. The summed E-state index contributed by atoms with van der Waals surface area (Å²) in [6.07, 6.45) is 6.59. The molecule has 1 amide bonds. The predicted molar refractivity (Wildman–Crippen MR) is 88.6 cm³/mol. The van der Waals surface area contributed by atoms with Crippen LogP contribution in [0.3, 0.4) is 0 Å². The van der Waals surface area contributed by atoms with E-state index in [1.54, 1.807) is 6.20 Å². The minimum Gasteiger partial charge on any atom is -0.368 e. The highest BCUT2D eigenvalue weighted by Crippen LogP contribution is 2.59. The van der Waals surface area contributed by atoms with Gasteiger partial charge in [0, 0.05) is 26.0 Å². The van der Waals surface area contributed by atoms with Gasteiger partial charge in [-0.15, -0.1) is 0 Å². The van der Waals surface area contributed by atoms with E-state index in [0.29, 0.717) is 12.5 Å². The Morgan fingerprint density at radius 1 is 1.48 bits per heavy atom. The van der Waals surface area contributed by atoms with E-state index < -0.39 is 0 Å². The minimum absolute atomic E-state index is 0.00681. The van der Waals surface area contributed by atoms with Crippen molar-refractivity contribution in [3.8, 4) is 0 Å². The molecule has 1 N–H and O–H groups in total. The van der Waals surface area contributed by atoms with Gasteiger partial charge >= 0.3 is 0 Å². The molecular formula is C18H27N3O2. The fourth-order valence-electron chi connectivity index (χ4n) is 3.76. The number of aryl methyl sites for hydroxylation is 1. The first-order valence-corrected chi connectivity index (χ1v) is 8.36. The monoisotopic (exact) mass is 317 g/mol. The van der Waals surface area contributed by atoms with Crippen LogP contribution in [0, 0.1) is 17.3 Å². The highest BCUT2D eigenvalue weighted by Gasteiger charge is 2.60. The largest absolute Gasteiger partial charge is 0.368 e. The molecular weight excluding hydrogens is 290 g/mol. The average Bonchev–Trinajstić information content (AvgIpc) is 2.86. The molecule has 4 atom stereocenters. The number of hydrogen-bond donors (Lipinski definition) is 1. The molecule has 1 saturated heterocycles. The number of aromatic nitrogens is 2.